The Bertz CT molecular complexity index is 330. The lowest BCUT2D eigenvalue weighted by atomic mass is 10.0. The fourth-order valence-corrected chi connectivity index (χ4v) is 4.05. The molecular weight excluding hydrogens is 347 g/mol. The lowest BCUT2D eigenvalue weighted by molar-refractivity contribution is 0.115. The highest BCUT2D eigenvalue weighted by Crippen LogP contribution is 2.39. The predicted octanol–water partition coefficient (Wildman–Crippen LogP) is 7.53. The summed E-state index contributed by atoms with van der Waals surface area (Å²) in [6.45, 7) is 4.39. The molecule has 4 nitrogen and oxygen atoms in total. The number of hydrogen-bond acceptors (Lipinski definition) is 2. The molecule has 0 aromatic rings. The molecule has 0 aliphatic rings. The van der Waals surface area contributed by atoms with Gasteiger partial charge in [-0.3, -0.25) is 4.52 Å². The highest BCUT2D eigenvalue weighted by atomic mass is 31.2. The van der Waals surface area contributed by atoms with Crippen molar-refractivity contribution in [2.45, 2.75) is 136 Å². The number of phosphoric ester groups is 1. The van der Waals surface area contributed by atoms with Crippen LogP contribution in [0.4, 0.5) is 0 Å². The van der Waals surface area contributed by atoms with Crippen molar-refractivity contribution in [2.24, 2.45) is 0 Å². The lowest BCUT2D eigenvalue weighted by Gasteiger charge is -2.18. The standard InChI is InChI=1S/C21H45O4P/c1-3-5-7-8-9-10-11-12-13-14-15-16-18-20-21(19-17-6-4-2)25-26(22,23)24/h21H,3-20H2,1-2H3,(H2,22,23,24). The third-order valence-corrected chi connectivity index (χ3v) is 5.62. The van der Waals surface area contributed by atoms with E-state index >= 15 is 0 Å². The molecule has 0 bridgehead atoms. The van der Waals surface area contributed by atoms with E-state index in [0.29, 0.717) is 0 Å². The van der Waals surface area contributed by atoms with Gasteiger partial charge in [0.05, 0.1) is 6.10 Å². The first kappa shape index (κ1) is 26.1. The van der Waals surface area contributed by atoms with E-state index in [0.717, 1.165) is 44.9 Å². The molecule has 0 aromatic heterocycles. The van der Waals surface area contributed by atoms with Crippen molar-refractivity contribution < 1.29 is 18.9 Å². The molecule has 0 heterocycles. The van der Waals surface area contributed by atoms with Crippen LogP contribution >= 0.6 is 7.82 Å². The van der Waals surface area contributed by atoms with E-state index in [1.165, 1.54) is 70.6 Å². The molecule has 0 amide bonds. The molecule has 1 unspecified atom stereocenters. The first-order valence-corrected chi connectivity index (χ1v) is 12.8. The number of phosphoric acid groups is 1. The Morgan fingerprint density at radius 1 is 0.615 bits per heavy atom. The van der Waals surface area contributed by atoms with E-state index in [2.05, 4.69) is 13.8 Å². The smallest absolute Gasteiger partial charge is 0.303 e. The molecule has 0 spiro atoms. The summed E-state index contributed by atoms with van der Waals surface area (Å²) in [5.41, 5.74) is 0. The molecule has 2 N–H and O–H groups in total. The monoisotopic (exact) mass is 392 g/mol. The topological polar surface area (TPSA) is 66.8 Å². The molecular formula is C21H45O4P. The third kappa shape index (κ3) is 20.4. The van der Waals surface area contributed by atoms with Crippen LogP contribution in [0.15, 0.2) is 0 Å². The van der Waals surface area contributed by atoms with Gasteiger partial charge in [0, 0.05) is 0 Å². The fourth-order valence-electron chi connectivity index (χ4n) is 3.46. The summed E-state index contributed by atoms with van der Waals surface area (Å²) in [5.74, 6) is 0. The van der Waals surface area contributed by atoms with Crippen molar-refractivity contribution in [3.8, 4) is 0 Å². The Morgan fingerprint density at radius 2 is 0.923 bits per heavy atom. The zero-order valence-corrected chi connectivity index (χ0v) is 18.4. The van der Waals surface area contributed by atoms with E-state index in [4.69, 9.17) is 14.3 Å². The van der Waals surface area contributed by atoms with Gasteiger partial charge in [0.25, 0.3) is 0 Å². The van der Waals surface area contributed by atoms with Gasteiger partial charge in [-0.25, -0.2) is 4.57 Å². The quantitative estimate of drug-likeness (QED) is 0.166. The minimum Gasteiger partial charge on any atom is -0.303 e. The predicted molar refractivity (Wildman–Crippen MR) is 111 cm³/mol. The molecule has 0 fully saturated rings. The van der Waals surface area contributed by atoms with Crippen LogP contribution in [0.1, 0.15) is 129 Å². The first-order valence-electron chi connectivity index (χ1n) is 11.2. The number of unbranched alkanes of at least 4 members (excludes halogenated alkanes) is 14. The largest absolute Gasteiger partial charge is 0.469 e. The Labute approximate surface area is 162 Å². The second-order valence-electron chi connectivity index (χ2n) is 7.75. The van der Waals surface area contributed by atoms with Crippen LogP contribution in [-0.4, -0.2) is 15.9 Å². The molecule has 158 valence electrons. The van der Waals surface area contributed by atoms with Gasteiger partial charge in [-0.2, -0.15) is 0 Å². The molecule has 5 heteroatoms. The highest BCUT2D eigenvalue weighted by Gasteiger charge is 2.21. The SMILES string of the molecule is CCCCCCCCCCCCCCCC(CCCCC)OP(=O)(O)O. The minimum atomic E-state index is -4.36. The van der Waals surface area contributed by atoms with Crippen LogP contribution in [0.2, 0.25) is 0 Å². The zero-order valence-electron chi connectivity index (χ0n) is 17.5. The molecule has 0 rings (SSSR count). The van der Waals surface area contributed by atoms with E-state index in [-0.39, 0.29) is 6.10 Å². The van der Waals surface area contributed by atoms with Crippen molar-refractivity contribution in [2.75, 3.05) is 0 Å². The maximum atomic E-state index is 11.1. The summed E-state index contributed by atoms with van der Waals surface area (Å²) in [5, 5.41) is 0. The van der Waals surface area contributed by atoms with Gasteiger partial charge in [0.2, 0.25) is 0 Å². The average molecular weight is 393 g/mol. The van der Waals surface area contributed by atoms with E-state index in [1.807, 2.05) is 0 Å². The van der Waals surface area contributed by atoms with Crippen LogP contribution in [-0.2, 0) is 9.09 Å². The van der Waals surface area contributed by atoms with Crippen molar-refractivity contribution in [1.29, 1.82) is 0 Å². The van der Waals surface area contributed by atoms with Gasteiger partial charge in [-0.05, 0) is 12.8 Å². The van der Waals surface area contributed by atoms with Crippen LogP contribution in [0, 0.1) is 0 Å². The summed E-state index contributed by atoms with van der Waals surface area (Å²) in [6.07, 6.45) is 21.5. The maximum Gasteiger partial charge on any atom is 0.469 e. The van der Waals surface area contributed by atoms with Gasteiger partial charge >= 0.3 is 7.82 Å². The van der Waals surface area contributed by atoms with Gasteiger partial charge in [-0.15, -0.1) is 0 Å². The number of rotatable bonds is 20. The van der Waals surface area contributed by atoms with Crippen molar-refractivity contribution in [3.05, 3.63) is 0 Å². The van der Waals surface area contributed by atoms with Crippen molar-refractivity contribution in [1.82, 2.24) is 0 Å². The first-order chi connectivity index (χ1) is 12.5. The Balaban J connectivity index is 3.52. The van der Waals surface area contributed by atoms with Gasteiger partial charge in [-0.1, -0.05) is 117 Å². The third-order valence-electron chi connectivity index (χ3n) is 5.05. The maximum absolute atomic E-state index is 11.1. The molecule has 0 saturated carbocycles. The highest BCUT2D eigenvalue weighted by molar-refractivity contribution is 7.46. The molecule has 1 atom stereocenters. The van der Waals surface area contributed by atoms with Gasteiger partial charge in [0.15, 0.2) is 0 Å². The molecule has 0 radical (unpaired) electrons. The number of hydrogen-bond donors (Lipinski definition) is 2. The van der Waals surface area contributed by atoms with E-state index < -0.39 is 7.82 Å². The molecule has 0 saturated heterocycles. The molecule has 0 aliphatic carbocycles. The molecule has 26 heavy (non-hydrogen) atoms. The summed E-state index contributed by atoms with van der Waals surface area (Å²) < 4.78 is 16.0. The Morgan fingerprint density at radius 3 is 1.31 bits per heavy atom. The summed E-state index contributed by atoms with van der Waals surface area (Å²) in [6, 6.07) is 0. The van der Waals surface area contributed by atoms with Crippen LogP contribution in [0.5, 0.6) is 0 Å². The average Bonchev–Trinajstić information content (AvgIpc) is 2.57. The molecule has 0 aliphatic heterocycles. The van der Waals surface area contributed by atoms with Gasteiger partial charge < -0.3 is 9.79 Å². The van der Waals surface area contributed by atoms with E-state index in [1.54, 1.807) is 0 Å². The lowest BCUT2D eigenvalue weighted by Crippen LogP contribution is -2.11. The van der Waals surface area contributed by atoms with Crippen molar-refractivity contribution >= 4 is 7.82 Å². The summed E-state index contributed by atoms with van der Waals surface area (Å²) in [7, 11) is -4.36. The Hall–Kier alpha value is 0.110. The second-order valence-corrected chi connectivity index (χ2v) is 8.94. The Kier molecular flexibility index (Phi) is 18.6. The van der Waals surface area contributed by atoms with Crippen LogP contribution in [0.3, 0.4) is 0 Å². The second kappa shape index (κ2) is 18.5. The van der Waals surface area contributed by atoms with E-state index in [9.17, 15) is 4.57 Å². The fraction of sp³-hybridized carbons (Fsp3) is 1.00. The molecule has 0 aromatic carbocycles. The minimum absolute atomic E-state index is 0.282. The summed E-state index contributed by atoms with van der Waals surface area (Å²) in [4.78, 5) is 18.1. The summed E-state index contributed by atoms with van der Waals surface area (Å²) >= 11 is 0. The van der Waals surface area contributed by atoms with Crippen LogP contribution in [0.25, 0.3) is 0 Å². The normalized spacial score (nSPS) is 13.2. The zero-order chi connectivity index (χ0) is 19.5. The van der Waals surface area contributed by atoms with Gasteiger partial charge in [0.1, 0.15) is 0 Å². The van der Waals surface area contributed by atoms with Crippen molar-refractivity contribution in [3.63, 3.8) is 0 Å². The van der Waals surface area contributed by atoms with Crippen LogP contribution < -0.4 is 0 Å².